The van der Waals surface area contributed by atoms with Gasteiger partial charge in [-0.05, 0) is 54.7 Å². The third-order valence-corrected chi connectivity index (χ3v) is 7.71. The first kappa shape index (κ1) is 20.5. The number of nitro benzene ring substituents is 1. The lowest BCUT2D eigenvalue weighted by Crippen LogP contribution is -2.52. The highest BCUT2D eigenvalue weighted by atomic mass is 32.1. The minimum atomic E-state index is -0.723. The molecule has 0 radical (unpaired) electrons. The average Bonchev–Trinajstić information content (AvgIpc) is 3.57. The molecule has 2 heterocycles. The molecule has 2 saturated carbocycles. The molecule has 1 aromatic carbocycles. The zero-order chi connectivity index (χ0) is 22.6. The molecular weight excluding hydrogens is 434 g/mol. The molecule has 2 bridgehead atoms. The van der Waals surface area contributed by atoms with E-state index in [-0.39, 0.29) is 23.1 Å². The van der Waals surface area contributed by atoms with Crippen molar-refractivity contribution in [1.82, 2.24) is 10.0 Å². The molecule has 3 aliphatic rings. The number of hydrazine groups is 1. The monoisotopic (exact) mass is 453 g/mol. The van der Waals surface area contributed by atoms with E-state index in [1.807, 2.05) is 0 Å². The number of carbonyl (C=O) groups is 4. The van der Waals surface area contributed by atoms with Gasteiger partial charge in [-0.1, -0.05) is 6.07 Å². The molecule has 1 aromatic heterocycles. The fourth-order valence-corrected chi connectivity index (χ4v) is 6.05. The molecule has 10 heteroatoms. The largest absolute Gasteiger partial charge is 0.291 e. The van der Waals surface area contributed by atoms with E-state index < -0.39 is 46.8 Å². The van der Waals surface area contributed by atoms with Crippen LogP contribution in [0.5, 0.6) is 0 Å². The van der Waals surface area contributed by atoms with E-state index in [0.29, 0.717) is 4.88 Å². The van der Waals surface area contributed by atoms with Gasteiger partial charge in [-0.3, -0.25) is 29.3 Å². The van der Waals surface area contributed by atoms with Crippen molar-refractivity contribution in [3.63, 3.8) is 0 Å². The number of benzene rings is 1. The Labute approximate surface area is 186 Å². The maximum Gasteiger partial charge on any atom is 0.273 e. The summed E-state index contributed by atoms with van der Waals surface area (Å²) in [6.07, 6.45) is 2.64. The van der Waals surface area contributed by atoms with Crippen molar-refractivity contribution in [1.29, 1.82) is 0 Å². The summed E-state index contributed by atoms with van der Waals surface area (Å²) in [4.78, 5) is 63.5. The molecular formula is C22H19N3O6S. The van der Waals surface area contributed by atoms with Gasteiger partial charge in [-0.15, -0.1) is 11.3 Å². The number of amides is 3. The van der Waals surface area contributed by atoms with Gasteiger partial charge in [-0.25, -0.2) is 5.01 Å². The first-order chi connectivity index (χ1) is 15.4. The second kappa shape index (κ2) is 7.63. The standard InChI is InChI=1S/C22H19N3O6S/c26-16(17-2-1-9-32-17)11-23(20(27)12-5-7-15(8-6-12)25(30)31)24-21(28)18-13-3-4-14(10-13)19(18)22(24)29/h1-2,5-9,13-14,18-19H,3-4,10-11H2/t13-,14-,18+,19+/m0/s1. The lowest BCUT2D eigenvalue weighted by atomic mass is 9.81. The third kappa shape index (κ3) is 3.13. The molecule has 2 aliphatic carbocycles. The SMILES string of the molecule is O=C(CN(C(=O)c1ccc([N+](=O)[O-])cc1)N1C(=O)[C@@H]2[C@H]3CC[C@@H](C3)[C@H]2C1=O)c1cccs1. The molecule has 5 rings (SSSR count). The lowest BCUT2D eigenvalue weighted by Gasteiger charge is -2.30. The predicted molar refractivity (Wildman–Crippen MR) is 112 cm³/mol. The zero-order valence-electron chi connectivity index (χ0n) is 16.9. The Bertz CT molecular complexity index is 1100. The first-order valence-corrected chi connectivity index (χ1v) is 11.3. The molecule has 0 N–H and O–H groups in total. The van der Waals surface area contributed by atoms with Crippen molar-refractivity contribution in [2.75, 3.05) is 6.54 Å². The van der Waals surface area contributed by atoms with Crippen LogP contribution in [0.25, 0.3) is 0 Å². The maximum atomic E-state index is 13.4. The van der Waals surface area contributed by atoms with Crippen LogP contribution in [0.1, 0.15) is 39.3 Å². The summed E-state index contributed by atoms with van der Waals surface area (Å²) in [7, 11) is 0. The van der Waals surface area contributed by atoms with Crippen LogP contribution in [0.15, 0.2) is 41.8 Å². The second-order valence-corrected chi connectivity index (χ2v) is 9.39. The number of nitro groups is 1. The molecule has 164 valence electrons. The highest BCUT2D eigenvalue weighted by Crippen LogP contribution is 2.56. The molecule has 0 unspecified atom stereocenters. The summed E-state index contributed by atoms with van der Waals surface area (Å²) in [5.74, 6) is -2.58. The maximum absolute atomic E-state index is 13.4. The molecule has 4 atom stereocenters. The molecule has 0 spiro atoms. The number of hydrogen-bond donors (Lipinski definition) is 0. The Morgan fingerprint density at radius 3 is 2.22 bits per heavy atom. The van der Waals surface area contributed by atoms with Gasteiger partial charge in [0.1, 0.15) is 6.54 Å². The average molecular weight is 453 g/mol. The number of ketones is 1. The van der Waals surface area contributed by atoms with E-state index in [0.717, 1.165) is 29.3 Å². The zero-order valence-corrected chi connectivity index (χ0v) is 17.7. The Hall–Kier alpha value is -3.40. The summed E-state index contributed by atoms with van der Waals surface area (Å²) in [5.41, 5.74) is -0.141. The minimum Gasteiger partial charge on any atom is -0.291 e. The lowest BCUT2D eigenvalue weighted by molar-refractivity contribution is -0.384. The van der Waals surface area contributed by atoms with Crippen LogP contribution in [0, 0.1) is 33.8 Å². The highest BCUT2D eigenvalue weighted by molar-refractivity contribution is 7.12. The summed E-state index contributed by atoms with van der Waals surface area (Å²) < 4.78 is 0. The van der Waals surface area contributed by atoms with Gasteiger partial charge in [0, 0.05) is 17.7 Å². The number of non-ortho nitro benzene ring substituents is 1. The molecule has 3 fully saturated rings. The van der Waals surface area contributed by atoms with E-state index in [4.69, 9.17) is 0 Å². The molecule has 2 aromatic rings. The van der Waals surface area contributed by atoms with Crippen molar-refractivity contribution in [3.8, 4) is 0 Å². The minimum absolute atomic E-state index is 0.0511. The summed E-state index contributed by atoms with van der Waals surface area (Å²) in [5, 5.41) is 14.5. The van der Waals surface area contributed by atoms with Crippen LogP contribution in [0.4, 0.5) is 5.69 Å². The van der Waals surface area contributed by atoms with Gasteiger partial charge in [0.15, 0.2) is 5.78 Å². The topological polar surface area (TPSA) is 118 Å². The summed E-state index contributed by atoms with van der Waals surface area (Å²) >= 11 is 1.21. The first-order valence-electron chi connectivity index (χ1n) is 10.4. The smallest absolute Gasteiger partial charge is 0.273 e. The van der Waals surface area contributed by atoms with E-state index in [2.05, 4.69) is 0 Å². The van der Waals surface area contributed by atoms with Crippen LogP contribution in [-0.4, -0.2) is 45.0 Å². The van der Waals surface area contributed by atoms with Crippen LogP contribution < -0.4 is 0 Å². The van der Waals surface area contributed by atoms with Gasteiger partial charge in [0.25, 0.3) is 23.4 Å². The number of thiophene rings is 1. The van der Waals surface area contributed by atoms with Gasteiger partial charge in [-0.2, -0.15) is 5.01 Å². The van der Waals surface area contributed by atoms with E-state index >= 15 is 0 Å². The highest BCUT2D eigenvalue weighted by Gasteiger charge is 2.62. The van der Waals surface area contributed by atoms with Gasteiger partial charge in [0.05, 0.1) is 21.6 Å². The second-order valence-electron chi connectivity index (χ2n) is 8.44. The van der Waals surface area contributed by atoms with Crippen molar-refractivity contribution >= 4 is 40.5 Å². The fraction of sp³-hybridized carbons (Fsp3) is 0.364. The quantitative estimate of drug-likeness (QED) is 0.287. The molecule has 1 aliphatic heterocycles. The summed E-state index contributed by atoms with van der Waals surface area (Å²) in [6, 6.07) is 8.19. The number of Topliss-reactive ketones (excluding diaryl/α,β-unsaturated/α-hetero) is 1. The number of hydrogen-bond acceptors (Lipinski definition) is 7. The normalized spacial score (nSPS) is 25.8. The third-order valence-electron chi connectivity index (χ3n) is 6.79. The number of fused-ring (bicyclic) bond motifs is 5. The number of rotatable bonds is 6. The van der Waals surface area contributed by atoms with E-state index in [1.165, 1.54) is 35.6 Å². The van der Waals surface area contributed by atoms with Crippen molar-refractivity contribution in [2.45, 2.75) is 19.3 Å². The van der Waals surface area contributed by atoms with Gasteiger partial charge in [0.2, 0.25) is 0 Å². The van der Waals surface area contributed by atoms with Crippen LogP contribution in [-0.2, 0) is 9.59 Å². The molecule has 3 amide bonds. The van der Waals surface area contributed by atoms with Gasteiger partial charge >= 0.3 is 0 Å². The predicted octanol–water partition coefficient (Wildman–Crippen LogP) is 2.93. The summed E-state index contributed by atoms with van der Waals surface area (Å²) in [6.45, 7) is -0.470. The number of carbonyl (C=O) groups excluding carboxylic acids is 4. The van der Waals surface area contributed by atoms with Crippen molar-refractivity contribution in [3.05, 3.63) is 62.3 Å². The van der Waals surface area contributed by atoms with E-state index in [9.17, 15) is 29.3 Å². The Morgan fingerprint density at radius 2 is 1.69 bits per heavy atom. The molecule has 32 heavy (non-hydrogen) atoms. The van der Waals surface area contributed by atoms with Crippen LogP contribution in [0.3, 0.4) is 0 Å². The molecule has 9 nitrogen and oxygen atoms in total. The van der Waals surface area contributed by atoms with Gasteiger partial charge < -0.3 is 0 Å². The Balaban J connectivity index is 1.49. The Kier molecular flexibility index (Phi) is 4.89. The number of nitrogens with zero attached hydrogens (tertiary/aromatic N) is 3. The molecule has 1 saturated heterocycles. The van der Waals surface area contributed by atoms with E-state index in [1.54, 1.807) is 17.5 Å². The number of imide groups is 1. The Morgan fingerprint density at radius 1 is 1.06 bits per heavy atom. The van der Waals surface area contributed by atoms with Crippen LogP contribution >= 0.6 is 11.3 Å². The fourth-order valence-electron chi connectivity index (χ4n) is 5.39. The van der Waals surface area contributed by atoms with Crippen molar-refractivity contribution < 1.29 is 24.1 Å². The van der Waals surface area contributed by atoms with Crippen molar-refractivity contribution in [2.24, 2.45) is 23.7 Å². The van der Waals surface area contributed by atoms with Crippen LogP contribution in [0.2, 0.25) is 0 Å².